The van der Waals surface area contributed by atoms with Crippen molar-refractivity contribution in [2.24, 2.45) is 0 Å². The molecule has 5 aromatic rings. The van der Waals surface area contributed by atoms with Crippen molar-refractivity contribution >= 4 is 6.03 Å². The summed E-state index contributed by atoms with van der Waals surface area (Å²) < 4.78 is 46.2. The smallest absolute Gasteiger partial charge is 0.331 e. The predicted octanol–water partition coefficient (Wildman–Crippen LogP) is 5.32. The van der Waals surface area contributed by atoms with Crippen LogP contribution in [0.25, 0.3) is 22.8 Å². The number of aryl methyl sites for hydroxylation is 1. The average molecular weight is 587 g/mol. The van der Waals surface area contributed by atoms with E-state index in [2.05, 4.69) is 10.4 Å². The number of alkyl halides is 3. The molecule has 9 nitrogen and oxygen atoms in total. The van der Waals surface area contributed by atoms with Crippen LogP contribution in [0, 0.1) is 18.3 Å². The zero-order valence-electron chi connectivity index (χ0n) is 23.5. The molecule has 1 N–H and O–H groups in total. The minimum absolute atomic E-state index is 0.0465. The molecule has 1 atom stereocenters. The second kappa shape index (κ2) is 11.4. The fourth-order valence-corrected chi connectivity index (χ4v) is 4.89. The van der Waals surface area contributed by atoms with Crippen molar-refractivity contribution in [3.8, 4) is 28.8 Å². The SMILES string of the molecule is CC[n+]1ccc([C@H](C)NC(=O)n2c(-c3ccnn3-c3ccc(C#N)cc3)c(C)n(-c3cccc(C(F)(F)F)c3)c2=O)cc1. The van der Waals surface area contributed by atoms with Gasteiger partial charge in [0.15, 0.2) is 12.4 Å². The highest BCUT2D eigenvalue weighted by Gasteiger charge is 2.32. The number of carbonyl (C=O) groups is 1. The van der Waals surface area contributed by atoms with E-state index >= 15 is 0 Å². The maximum absolute atomic E-state index is 14.0. The number of hydrogen-bond donors (Lipinski definition) is 1. The van der Waals surface area contributed by atoms with E-state index < -0.39 is 29.5 Å². The number of imidazole rings is 1. The summed E-state index contributed by atoms with van der Waals surface area (Å²) >= 11 is 0. The molecule has 0 radical (unpaired) electrons. The van der Waals surface area contributed by atoms with Crippen LogP contribution in [-0.4, -0.2) is 24.9 Å². The number of nitrogens with one attached hydrogen (secondary N) is 1. The van der Waals surface area contributed by atoms with Crippen LogP contribution in [0.4, 0.5) is 18.0 Å². The summed E-state index contributed by atoms with van der Waals surface area (Å²) in [5, 5.41) is 16.4. The molecule has 0 saturated carbocycles. The number of nitrogens with zero attached hydrogens (tertiary/aromatic N) is 6. The summed E-state index contributed by atoms with van der Waals surface area (Å²) in [5.41, 5.74) is 0.667. The largest absolute Gasteiger partial charge is 0.416 e. The standard InChI is InChI=1S/C31H26F3N7O2/c1-4-38-16-13-23(14-17-38)20(2)37-29(42)40-28(27-12-15-36-41(27)25-10-8-22(19-35)9-11-25)21(3)39(30(40)43)26-7-5-6-24(18-26)31(32,33)34/h5-18,20H,4H2,1-3H3/p+1/t20-/m0/s1. The van der Waals surface area contributed by atoms with Crippen molar-refractivity contribution in [1.29, 1.82) is 5.26 Å². The number of carbonyl (C=O) groups excluding carboxylic acids is 1. The van der Waals surface area contributed by atoms with Crippen LogP contribution < -0.4 is 15.6 Å². The lowest BCUT2D eigenvalue weighted by molar-refractivity contribution is -0.693. The molecule has 3 heterocycles. The Morgan fingerprint density at radius 1 is 1.07 bits per heavy atom. The Labute approximate surface area is 244 Å². The number of amides is 1. The minimum Gasteiger partial charge on any atom is -0.331 e. The number of halogens is 3. The van der Waals surface area contributed by atoms with Gasteiger partial charge < -0.3 is 5.32 Å². The molecule has 1 amide bonds. The zero-order valence-corrected chi connectivity index (χ0v) is 23.5. The number of aromatic nitrogens is 5. The molecule has 3 aromatic heterocycles. The molecule has 0 aliphatic carbocycles. The quantitative estimate of drug-likeness (QED) is 0.272. The molecule has 0 fully saturated rings. The summed E-state index contributed by atoms with van der Waals surface area (Å²) in [6.07, 6.45) is 0.600. The molecule has 12 heteroatoms. The van der Waals surface area contributed by atoms with E-state index in [-0.39, 0.29) is 17.1 Å². The van der Waals surface area contributed by atoms with Gasteiger partial charge in [-0.15, -0.1) is 0 Å². The van der Waals surface area contributed by atoms with Gasteiger partial charge in [0.2, 0.25) is 0 Å². The normalized spacial score (nSPS) is 12.1. The van der Waals surface area contributed by atoms with Crippen LogP contribution in [0.15, 0.2) is 90.1 Å². The van der Waals surface area contributed by atoms with Gasteiger partial charge in [-0.3, -0.25) is 4.57 Å². The topological polar surface area (TPSA) is 102 Å². The van der Waals surface area contributed by atoms with Crippen LogP contribution in [-0.2, 0) is 12.7 Å². The lowest BCUT2D eigenvalue weighted by atomic mass is 10.1. The highest BCUT2D eigenvalue weighted by Crippen LogP contribution is 2.32. The van der Waals surface area contributed by atoms with Crippen molar-refractivity contribution in [2.75, 3.05) is 0 Å². The molecule has 2 aromatic carbocycles. The Hall–Kier alpha value is -5.44. The van der Waals surface area contributed by atoms with E-state index in [0.29, 0.717) is 16.9 Å². The third kappa shape index (κ3) is 5.57. The zero-order chi connectivity index (χ0) is 30.9. The Kier molecular flexibility index (Phi) is 7.74. The highest BCUT2D eigenvalue weighted by atomic mass is 19.4. The Morgan fingerprint density at radius 2 is 1.77 bits per heavy atom. The van der Waals surface area contributed by atoms with E-state index in [1.54, 1.807) is 44.2 Å². The number of rotatable bonds is 6. The van der Waals surface area contributed by atoms with Crippen LogP contribution in [0.5, 0.6) is 0 Å². The lowest BCUT2D eigenvalue weighted by Gasteiger charge is -2.15. The Morgan fingerprint density at radius 3 is 2.40 bits per heavy atom. The monoisotopic (exact) mass is 586 g/mol. The van der Waals surface area contributed by atoms with Gasteiger partial charge in [-0.05, 0) is 74.9 Å². The number of nitriles is 1. The summed E-state index contributed by atoms with van der Waals surface area (Å²) in [4.78, 5) is 27.8. The maximum Gasteiger partial charge on any atom is 0.416 e. The van der Waals surface area contributed by atoms with Gasteiger partial charge in [0.25, 0.3) is 0 Å². The first-order valence-corrected chi connectivity index (χ1v) is 13.4. The predicted molar refractivity (Wildman–Crippen MR) is 152 cm³/mol. The van der Waals surface area contributed by atoms with Gasteiger partial charge in [0.1, 0.15) is 12.2 Å². The van der Waals surface area contributed by atoms with Crippen molar-refractivity contribution < 1.29 is 22.5 Å². The van der Waals surface area contributed by atoms with E-state index in [9.17, 15) is 28.0 Å². The summed E-state index contributed by atoms with van der Waals surface area (Å²) in [5.74, 6) is 0. The molecular weight excluding hydrogens is 559 g/mol. The summed E-state index contributed by atoms with van der Waals surface area (Å²) in [6, 6.07) is 17.0. The maximum atomic E-state index is 14.0. The fraction of sp³-hybridized carbons (Fsp3) is 0.194. The second-order valence-electron chi connectivity index (χ2n) is 9.86. The lowest BCUT2D eigenvalue weighted by Crippen LogP contribution is -2.39. The molecule has 0 unspecified atom stereocenters. The Bertz CT molecular complexity index is 1890. The number of benzene rings is 2. The van der Waals surface area contributed by atoms with Crippen molar-refractivity contribution in [3.63, 3.8) is 0 Å². The first-order valence-electron chi connectivity index (χ1n) is 13.4. The van der Waals surface area contributed by atoms with Crippen LogP contribution in [0.2, 0.25) is 0 Å². The fourth-order valence-electron chi connectivity index (χ4n) is 4.89. The minimum atomic E-state index is -4.63. The van der Waals surface area contributed by atoms with Crippen molar-refractivity contribution in [1.82, 2.24) is 24.2 Å². The molecule has 218 valence electrons. The second-order valence-corrected chi connectivity index (χ2v) is 9.86. The van der Waals surface area contributed by atoms with Gasteiger partial charge in [-0.2, -0.15) is 23.5 Å². The molecular formula is C31H27F3N7O2+. The number of pyridine rings is 1. The molecule has 43 heavy (non-hydrogen) atoms. The molecule has 0 bridgehead atoms. The molecule has 0 saturated heterocycles. The van der Waals surface area contributed by atoms with Crippen LogP contribution in [0.1, 0.15) is 42.3 Å². The van der Waals surface area contributed by atoms with Gasteiger partial charge in [0, 0.05) is 12.1 Å². The van der Waals surface area contributed by atoms with Crippen molar-refractivity contribution in [3.05, 3.63) is 118 Å². The first kappa shape index (κ1) is 29.1. The Balaban J connectivity index is 1.67. The van der Waals surface area contributed by atoms with E-state index in [4.69, 9.17) is 0 Å². The van der Waals surface area contributed by atoms with Crippen LogP contribution in [0.3, 0.4) is 0 Å². The van der Waals surface area contributed by atoms with Gasteiger partial charge in [0.05, 0.1) is 52.2 Å². The number of hydrogen-bond acceptors (Lipinski definition) is 4. The first-order chi connectivity index (χ1) is 20.5. The molecule has 0 spiro atoms. The molecule has 0 aliphatic heterocycles. The van der Waals surface area contributed by atoms with Gasteiger partial charge >= 0.3 is 17.9 Å². The molecule has 5 rings (SSSR count). The average Bonchev–Trinajstić information content (AvgIpc) is 3.58. The highest BCUT2D eigenvalue weighted by molar-refractivity contribution is 5.83. The summed E-state index contributed by atoms with van der Waals surface area (Å²) in [6.45, 7) is 6.10. The third-order valence-corrected chi connectivity index (χ3v) is 7.17. The van der Waals surface area contributed by atoms with Gasteiger partial charge in [-0.25, -0.2) is 23.4 Å². The third-order valence-electron chi connectivity index (χ3n) is 7.17. The van der Waals surface area contributed by atoms with Crippen molar-refractivity contribution in [2.45, 2.75) is 39.5 Å². The van der Waals surface area contributed by atoms with E-state index in [0.717, 1.165) is 33.4 Å². The van der Waals surface area contributed by atoms with Gasteiger partial charge in [-0.1, -0.05) is 6.07 Å². The van der Waals surface area contributed by atoms with E-state index in [1.165, 1.54) is 23.0 Å². The van der Waals surface area contributed by atoms with Crippen LogP contribution >= 0.6 is 0 Å². The van der Waals surface area contributed by atoms with E-state index in [1.807, 2.05) is 42.1 Å². The summed E-state index contributed by atoms with van der Waals surface area (Å²) in [7, 11) is 0. The molecule has 0 aliphatic rings.